The maximum Gasteiger partial charge on any atom is 0.245 e. The first-order chi connectivity index (χ1) is 19.3. The summed E-state index contributed by atoms with van der Waals surface area (Å²) in [5, 5.41) is 8.73. The Morgan fingerprint density at radius 2 is 1.70 bits per heavy atom. The van der Waals surface area contributed by atoms with Crippen LogP contribution in [0.25, 0.3) is 0 Å². The van der Waals surface area contributed by atoms with Crippen molar-refractivity contribution in [3.05, 3.63) is 71.3 Å². The zero-order chi connectivity index (χ0) is 28.4. The van der Waals surface area contributed by atoms with Gasteiger partial charge < -0.3 is 26.6 Å². The Balaban J connectivity index is 1.42. The molecule has 9 heteroatoms. The molecule has 212 valence electrons. The minimum atomic E-state index is -0.742. The molecule has 1 aliphatic heterocycles. The second-order valence-corrected chi connectivity index (χ2v) is 11.5. The van der Waals surface area contributed by atoms with Crippen molar-refractivity contribution in [3.8, 4) is 0 Å². The number of rotatable bonds is 9. The molecule has 1 saturated heterocycles. The standard InChI is InChI=1S/C31H39N5O4/c1-18(32)28(37)34-25(14-19-12-13-19)31(40)36-17-22(20-8-4-3-5-9-20)16-26(36)30(39)35-27-23-11-7-6-10-21(23)15-24(27)29(38)33-2/h3-11,18-19,22,24-27H,12-17,32H2,1-2H3,(H,33,38)(H,34,37)(H,35,39). The highest BCUT2D eigenvalue weighted by atomic mass is 16.2. The van der Waals surface area contributed by atoms with Crippen molar-refractivity contribution < 1.29 is 19.2 Å². The van der Waals surface area contributed by atoms with Crippen molar-refractivity contribution in [2.75, 3.05) is 13.6 Å². The highest BCUT2D eigenvalue weighted by molar-refractivity contribution is 5.94. The third-order valence-corrected chi connectivity index (χ3v) is 8.57. The van der Waals surface area contributed by atoms with Crippen LogP contribution >= 0.6 is 0 Å². The molecular weight excluding hydrogens is 506 g/mol. The lowest BCUT2D eigenvalue weighted by Crippen LogP contribution is -2.56. The third-order valence-electron chi connectivity index (χ3n) is 8.57. The van der Waals surface area contributed by atoms with E-state index in [1.165, 1.54) is 0 Å². The molecule has 0 radical (unpaired) electrons. The first-order valence-corrected chi connectivity index (χ1v) is 14.3. The number of hydrogen-bond acceptors (Lipinski definition) is 5. The SMILES string of the molecule is CNC(=O)C1Cc2ccccc2C1NC(=O)C1CC(c2ccccc2)CN1C(=O)C(CC1CC1)NC(=O)C(C)N. The fourth-order valence-corrected chi connectivity index (χ4v) is 6.16. The molecule has 2 aliphatic carbocycles. The number of carbonyl (C=O) groups excluding carboxylic acids is 4. The van der Waals surface area contributed by atoms with E-state index in [2.05, 4.69) is 16.0 Å². The smallest absolute Gasteiger partial charge is 0.245 e. The van der Waals surface area contributed by atoms with Crippen LogP contribution in [-0.2, 0) is 25.6 Å². The van der Waals surface area contributed by atoms with E-state index in [9.17, 15) is 19.2 Å². The molecule has 40 heavy (non-hydrogen) atoms. The third kappa shape index (κ3) is 5.89. The summed E-state index contributed by atoms with van der Waals surface area (Å²) >= 11 is 0. The van der Waals surface area contributed by atoms with Gasteiger partial charge in [0.1, 0.15) is 12.1 Å². The fraction of sp³-hybridized carbons (Fsp3) is 0.484. The summed E-state index contributed by atoms with van der Waals surface area (Å²) < 4.78 is 0. The van der Waals surface area contributed by atoms with Crippen molar-refractivity contribution in [1.29, 1.82) is 0 Å². The normalized spacial score (nSPS) is 25.0. The van der Waals surface area contributed by atoms with E-state index in [0.29, 0.717) is 31.7 Å². The first kappa shape index (κ1) is 27.8. The minimum absolute atomic E-state index is 0.0304. The second kappa shape index (κ2) is 11.8. The number of likely N-dealkylation sites (tertiary alicyclic amines) is 1. The predicted molar refractivity (Wildman–Crippen MR) is 151 cm³/mol. The molecule has 2 aromatic rings. The number of carbonyl (C=O) groups is 4. The van der Waals surface area contributed by atoms with E-state index in [4.69, 9.17) is 5.73 Å². The fourth-order valence-electron chi connectivity index (χ4n) is 6.16. The van der Waals surface area contributed by atoms with Crippen LogP contribution in [0, 0.1) is 11.8 Å². The summed E-state index contributed by atoms with van der Waals surface area (Å²) in [6.45, 7) is 1.96. The van der Waals surface area contributed by atoms with Gasteiger partial charge in [0.15, 0.2) is 0 Å². The van der Waals surface area contributed by atoms with Crippen LogP contribution in [-0.4, -0.2) is 60.2 Å². The molecule has 3 aliphatic rings. The van der Waals surface area contributed by atoms with Crippen LogP contribution in [0.1, 0.15) is 61.3 Å². The van der Waals surface area contributed by atoms with Gasteiger partial charge in [-0.1, -0.05) is 67.4 Å². The highest BCUT2D eigenvalue weighted by Crippen LogP contribution is 2.39. The average Bonchev–Trinajstić information content (AvgIpc) is 3.55. The van der Waals surface area contributed by atoms with Gasteiger partial charge in [0.25, 0.3) is 0 Å². The van der Waals surface area contributed by atoms with Gasteiger partial charge in [-0.2, -0.15) is 0 Å². The van der Waals surface area contributed by atoms with Gasteiger partial charge in [0, 0.05) is 19.5 Å². The molecule has 1 heterocycles. The van der Waals surface area contributed by atoms with Gasteiger partial charge in [-0.25, -0.2) is 0 Å². The number of amides is 4. The van der Waals surface area contributed by atoms with Crippen LogP contribution in [0.15, 0.2) is 54.6 Å². The topological polar surface area (TPSA) is 134 Å². The van der Waals surface area contributed by atoms with E-state index in [1.807, 2.05) is 54.6 Å². The molecule has 6 atom stereocenters. The highest BCUT2D eigenvalue weighted by Gasteiger charge is 2.45. The van der Waals surface area contributed by atoms with Crippen molar-refractivity contribution in [2.45, 2.75) is 69.1 Å². The Morgan fingerprint density at radius 3 is 2.38 bits per heavy atom. The molecule has 5 rings (SSSR count). The van der Waals surface area contributed by atoms with Crippen molar-refractivity contribution in [2.24, 2.45) is 17.6 Å². The average molecular weight is 546 g/mol. The van der Waals surface area contributed by atoms with Crippen LogP contribution in [0.5, 0.6) is 0 Å². The maximum absolute atomic E-state index is 14.0. The monoisotopic (exact) mass is 545 g/mol. The maximum atomic E-state index is 14.0. The van der Waals surface area contributed by atoms with E-state index in [1.54, 1.807) is 18.9 Å². The van der Waals surface area contributed by atoms with Gasteiger partial charge in [-0.3, -0.25) is 19.2 Å². The molecule has 2 fully saturated rings. The molecule has 4 amide bonds. The Bertz CT molecular complexity index is 1260. The quantitative estimate of drug-likeness (QED) is 0.381. The zero-order valence-corrected chi connectivity index (χ0v) is 23.1. The van der Waals surface area contributed by atoms with E-state index in [-0.39, 0.29) is 29.5 Å². The van der Waals surface area contributed by atoms with Crippen LogP contribution in [0.2, 0.25) is 0 Å². The van der Waals surface area contributed by atoms with Crippen molar-refractivity contribution in [3.63, 3.8) is 0 Å². The summed E-state index contributed by atoms with van der Waals surface area (Å²) in [6.07, 6.45) is 3.57. The number of fused-ring (bicyclic) bond motifs is 1. The second-order valence-electron chi connectivity index (χ2n) is 11.5. The Hall–Kier alpha value is -3.72. The minimum Gasteiger partial charge on any atom is -0.359 e. The molecule has 5 N–H and O–H groups in total. The Morgan fingerprint density at radius 1 is 1.00 bits per heavy atom. The molecule has 6 unspecified atom stereocenters. The number of benzene rings is 2. The Kier molecular flexibility index (Phi) is 8.21. The number of nitrogens with zero attached hydrogens (tertiary/aromatic N) is 1. The largest absolute Gasteiger partial charge is 0.359 e. The van der Waals surface area contributed by atoms with Gasteiger partial charge in [0.2, 0.25) is 23.6 Å². The molecular formula is C31H39N5O4. The zero-order valence-electron chi connectivity index (χ0n) is 23.1. The van der Waals surface area contributed by atoms with E-state index < -0.39 is 30.1 Å². The molecule has 0 spiro atoms. The lowest BCUT2D eigenvalue weighted by atomic mass is 9.95. The number of nitrogens with one attached hydrogen (secondary N) is 3. The molecule has 0 bridgehead atoms. The van der Waals surface area contributed by atoms with Gasteiger partial charge in [-0.15, -0.1) is 0 Å². The predicted octanol–water partition coefficient (Wildman–Crippen LogP) is 1.78. The lowest BCUT2D eigenvalue weighted by Gasteiger charge is -2.30. The summed E-state index contributed by atoms with van der Waals surface area (Å²) in [7, 11) is 1.60. The summed E-state index contributed by atoms with van der Waals surface area (Å²) in [6, 6.07) is 15.0. The number of nitrogens with two attached hydrogens (primary N) is 1. The summed E-state index contributed by atoms with van der Waals surface area (Å²) in [5.74, 6) is -1.14. The van der Waals surface area contributed by atoms with Crippen LogP contribution in [0.4, 0.5) is 0 Å². The first-order valence-electron chi connectivity index (χ1n) is 14.3. The van der Waals surface area contributed by atoms with Crippen molar-refractivity contribution in [1.82, 2.24) is 20.9 Å². The van der Waals surface area contributed by atoms with Gasteiger partial charge in [-0.05, 0) is 48.8 Å². The van der Waals surface area contributed by atoms with Gasteiger partial charge in [0.05, 0.1) is 18.0 Å². The van der Waals surface area contributed by atoms with Gasteiger partial charge >= 0.3 is 0 Å². The van der Waals surface area contributed by atoms with Crippen LogP contribution in [0.3, 0.4) is 0 Å². The van der Waals surface area contributed by atoms with E-state index in [0.717, 1.165) is 29.5 Å². The summed E-state index contributed by atoms with van der Waals surface area (Å²) in [4.78, 5) is 55.0. The molecule has 9 nitrogen and oxygen atoms in total. The summed E-state index contributed by atoms with van der Waals surface area (Å²) in [5.41, 5.74) is 8.82. The molecule has 0 aromatic heterocycles. The molecule has 1 saturated carbocycles. The number of hydrogen-bond donors (Lipinski definition) is 4. The van der Waals surface area contributed by atoms with E-state index >= 15 is 0 Å². The lowest BCUT2D eigenvalue weighted by molar-refractivity contribution is -0.142. The molecule has 2 aromatic carbocycles. The Labute approximate surface area is 235 Å². The van der Waals surface area contributed by atoms with Crippen molar-refractivity contribution >= 4 is 23.6 Å². The van der Waals surface area contributed by atoms with Crippen LogP contribution < -0.4 is 21.7 Å².